The van der Waals surface area contributed by atoms with E-state index in [1.165, 1.54) is 0 Å². The Labute approximate surface area is 240 Å². The first-order valence-electron chi connectivity index (χ1n) is 9.35. The molecule has 1 amide bonds. The molecule has 3 rings (SSSR count). The monoisotopic (exact) mass is 561 g/mol. The van der Waals surface area contributed by atoms with Crippen molar-refractivity contribution in [3.05, 3.63) is 57.5 Å². The summed E-state index contributed by atoms with van der Waals surface area (Å²) >= 11 is 0. The number of anilines is 1. The van der Waals surface area contributed by atoms with Crippen LogP contribution in [0.3, 0.4) is 0 Å². The van der Waals surface area contributed by atoms with E-state index in [-0.39, 0.29) is 86.8 Å². The third-order valence-corrected chi connectivity index (χ3v) is 4.71. The van der Waals surface area contributed by atoms with Crippen molar-refractivity contribution in [1.82, 2.24) is 20.3 Å². The summed E-state index contributed by atoms with van der Waals surface area (Å²) in [6.45, 7) is 1.84. The number of carboxylic acid groups (broad SMARTS) is 1. The number of nitrogens with one attached hydrogen (secondary N) is 3. The van der Waals surface area contributed by atoms with Gasteiger partial charge >= 0.3 is 29.6 Å². The summed E-state index contributed by atoms with van der Waals surface area (Å²) in [5.41, 5.74) is 7.88. The van der Waals surface area contributed by atoms with Crippen molar-refractivity contribution in [2.75, 3.05) is 5.73 Å². The molecule has 17 heteroatoms. The number of aromatic nitrogens is 3. The van der Waals surface area contributed by atoms with Gasteiger partial charge in [0.15, 0.2) is 0 Å². The maximum Gasteiger partial charge on any atom is 1.00 e. The van der Waals surface area contributed by atoms with Crippen molar-refractivity contribution >= 4 is 28.9 Å². The number of fused-ring (bicyclic) bond motifs is 1. The van der Waals surface area contributed by atoms with E-state index in [9.17, 15) is 19.5 Å². The normalized spacial score (nSPS) is 9.18. The number of hydrogen-bond acceptors (Lipinski definition) is 6. The fraction of sp³-hybridized carbons (Fsp3) is 0.333. The summed E-state index contributed by atoms with van der Waals surface area (Å²) in [4.78, 5) is 44.9. The zero-order valence-electron chi connectivity index (χ0n) is 20.5. The molecule has 16 nitrogen and oxygen atoms in total. The number of nitrogen functional groups attached to an aromatic ring is 1. The summed E-state index contributed by atoms with van der Waals surface area (Å²) in [7, 11) is 0. The quantitative estimate of drug-likeness (QED) is 0.193. The number of rotatable bonds is 8. The molecule has 0 unspecified atom stereocenters. The molecule has 0 aliphatic carbocycles. The molecule has 2 heterocycles. The standard InChI is InChI=1S/C20H23N5O4.CH4.Na.7H2O/c1-2-3-14(19(28)29)23-17(26)12-7-4-11(5-8-12)6-9-13-10-22-16-15(13)18(27)25-20(21)24-16;;;;;;;;;/h4-5,7-8,10,14H,2-3,6,9H2,1H3,(H,23,26)(H,28,29)(H4,21,22,24,25,27);1H4;;7*1H2/q;;+1;;;;;;;/p-1/t14-;;;;;;;;;/m0........./s1. The van der Waals surface area contributed by atoms with Gasteiger partial charge in [0.2, 0.25) is 5.95 Å². The molecule has 0 aliphatic rings. The number of amides is 1. The molecule has 216 valence electrons. The molecule has 3 aromatic rings. The van der Waals surface area contributed by atoms with E-state index in [0.717, 1.165) is 11.1 Å². The van der Waals surface area contributed by atoms with E-state index in [4.69, 9.17) is 5.73 Å². The molecule has 0 aliphatic heterocycles. The Bertz CT molecular complexity index is 1110. The van der Waals surface area contributed by atoms with E-state index < -0.39 is 17.9 Å². The number of carbonyl (C=O) groups is 2. The average molecular weight is 562 g/mol. The first kappa shape index (κ1) is 51.7. The van der Waals surface area contributed by atoms with Crippen molar-refractivity contribution in [2.24, 2.45) is 0 Å². The Kier molecular flexibility index (Phi) is 31.6. The minimum absolute atomic E-state index is 0. The Morgan fingerprint density at radius 3 is 2.08 bits per heavy atom. The molecule has 0 bridgehead atoms. The van der Waals surface area contributed by atoms with Crippen LogP contribution in [0.25, 0.3) is 11.0 Å². The Hall–Kier alpha value is -2.90. The zero-order valence-corrected chi connectivity index (χ0v) is 22.5. The van der Waals surface area contributed by atoms with Crippen LogP contribution in [0.5, 0.6) is 0 Å². The number of aromatic amines is 2. The summed E-state index contributed by atoms with van der Waals surface area (Å²) in [5, 5.41) is 14.0. The molecule has 38 heavy (non-hydrogen) atoms. The maximum atomic E-state index is 12.2. The minimum Gasteiger partial charge on any atom is -0.548 e. The molecule has 0 spiro atoms. The predicted molar refractivity (Wildman–Crippen MR) is 138 cm³/mol. The van der Waals surface area contributed by atoms with Crippen molar-refractivity contribution in [3.8, 4) is 0 Å². The van der Waals surface area contributed by atoms with Crippen molar-refractivity contribution in [3.63, 3.8) is 0 Å². The van der Waals surface area contributed by atoms with Gasteiger partial charge in [0.1, 0.15) is 5.65 Å². The van der Waals surface area contributed by atoms with Gasteiger partial charge in [0.25, 0.3) is 11.5 Å². The number of benzene rings is 1. The van der Waals surface area contributed by atoms with Gasteiger partial charge in [0, 0.05) is 11.8 Å². The van der Waals surface area contributed by atoms with Crippen LogP contribution in [0, 0.1) is 0 Å². The second kappa shape index (κ2) is 23.2. The van der Waals surface area contributed by atoms with Gasteiger partial charge < -0.3 is 64.3 Å². The number of aryl methyl sites for hydroxylation is 2. The number of nitrogens with zero attached hydrogens (tertiary/aromatic N) is 1. The summed E-state index contributed by atoms with van der Waals surface area (Å²) < 4.78 is 0. The molecule has 0 radical (unpaired) electrons. The summed E-state index contributed by atoms with van der Waals surface area (Å²) in [6.07, 6.45) is 3.93. The van der Waals surface area contributed by atoms with Gasteiger partial charge in [-0.2, -0.15) is 4.98 Å². The van der Waals surface area contributed by atoms with Crippen molar-refractivity contribution in [2.45, 2.75) is 46.1 Å². The smallest absolute Gasteiger partial charge is 0.548 e. The Morgan fingerprint density at radius 1 is 1.03 bits per heavy atom. The van der Waals surface area contributed by atoms with Crippen molar-refractivity contribution < 1.29 is 82.6 Å². The van der Waals surface area contributed by atoms with Crippen LogP contribution in [0.15, 0.2) is 35.3 Å². The fourth-order valence-corrected chi connectivity index (χ4v) is 3.20. The van der Waals surface area contributed by atoms with Crippen LogP contribution in [0.2, 0.25) is 0 Å². The topological polar surface area (TPSA) is 377 Å². The van der Waals surface area contributed by atoms with Gasteiger partial charge in [-0.05, 0) is 42.5 Å². The fourth-order valence-electron chi connectivity index (χ4n) is 3.20. The van der Waals surface area contributed by atoms with E-state index in [1.807, 2.05) is 6.92 Å². The van der Waals surface area contributed by atoms with Crippen LogP contribution in [-0.2, 0) is 17.6 Å². The van der Waals surface area contributed by atoms with Gasteiger partial charge in [0.05, 0.1) is 17.4 Å². The molecular formula is C21H40N5NaO11. The number of carbonyl (C=O) groups excluding carboxylic acids is 2. The second-order valence-electron chi connectivity index (χ2n) is 6.82. The molecule has 1 atom stereocenters. The Morgan fingerprint density at radius 2 is 1.58 bits per heavy atom. The summed E-state index contributed by atoms with van der Waals surface area (Å²) in [6, 6.07) is 5.89. The molecular weight excluding hydrogens is 521 g/mol. The maximum absolute atomic E-state index is 12.2. The second-order valence-corrected chi connectivity index (χ2v) is 6.82. The average Bonchev–Trinajstić information content (AvgIpc) is 3.09. The van der Waals surface area contributed by atoms with Crippen LogP contribution >= 0.6 is 0 Å². The predicted octanol–water partition coefficient (Wildman–Crippen LogP) is -7.87. The Balaban J connectivity index is -0.000000214. The first-order chi connectivity index (χ1) is 13.9. The van der Waals surface area contributed by atoms with Gasteiger partial charge in [-0.3, -0.25) is 14.6 Å². The van der Waals surface area contributed by atoms with Crippen LogP contribution in [0.4, 0.5) is 5.95 Å². The van der Waals surface area contributed by atoms with Gasteiger partial charge in [-0.1, -0.05) is 32.9 Å². The van der Waals surface area contributed by atoms with Gasteiger partial charge in [-0.15, -0.1) is 0 Å². The summed E-state index contributed by atoms with van der Waals surface area (Å²) in [5.74, 6) is -1.68. The number of carboxylic acids is 1. The molecule has 19 N–H and O–H groups in total. The molecule has 1 aromatic carbocycles. The van der Waals surface area contributed by atoms with Crippen LogP contribution in [0.1, 0.15) is 48.7 Å². The van der Waals surface area contributed by atoms with Crippen LogP contribution < -0.4 is 51.3 Å². The first-order valence-corrected chi connectivity index (χ1v) is 9.35. The minimum atomic E-state index is -1.29. The van der Waals surface area contributed by atoms with Gasteiger partial charge in [-0.25, -0.2) is 0 Å². The van der Waals surface area contributed by atoms with Crippen LogP contribution in [-0.4, -0.2) is 71.2 Å². The largest absolute Gasteiger partial charge is 1.00 e. The van der Waals surface area contributed by atoms with Crippen molar-refractivity contribution in [1.29, 1.82) is 0 Å². The van der Waals surface area contributed by atoms with E-state index in [0.29, 0.717) is 42.3 Å². The number of H-pyrrole nitrogens is 2. The zero-order chi connectivity index (χ0) is 21.0. The number of aliphatic carboxylic acids is 1. The number of nitrogens with two attached hydrogens (primary N) is 1. The molecule has 0 saturated carbocycles. The third-order valence-electron chi connectivity index (χ3n) is 4.71. The molecule has 2 aromatic heterocycles. The van der Waals surface area contributed by atoms with E-state index >= 15 is 0 Å². The third kappa shape index (κ3) is 12.6. The number of hydrogen-bond donors (Lipinski definition) is 4. The molecule has 0 fully saturated rings. The van der Waals surface area contributed by atoms with E-state index in [2.05, 4.69) is 20.3 Å². The van der Waals surface area contributed by atoms with E-state index in [1.54, 1.807) is 30.5 Å². The SMILES string of the molecule is C.CCC[C@H](NC(=O)c1ccc(CCc2c[nH]c3nc(N)[nH]c(=O)c23)cc1)C(=O)[O-].O.O.O.O.O.O.O.[Na+]. The molecule has 0 saturated heterocycles.